The molecule has 2 heteroatoms. The Morgan fingerprint density at radius 2 is 1.50 bits per heavy atom. The minimum atomic E-state index is 0.784. The number of rotatable bonds is 0. The summed E-state index contributed by atoms with van der Waals surface area (Å²) in [6, 6.07) is 0. The normalized spacial score (nSPS) is 38.0. The zero-order chi connectivity index (χ0) is 8.28. The fraction of sp³-hybridized carbons (Fsp3) is 1.00. The number of hydrogen-bond acceptors (Lipinski definition) is 2. The smallest absolute Gasteiger partial charge is 0.00105 e. The first-order chi connectivity index (χ1) is 5.91. The van der Waals surface area contributed by atoms with Crippen molar-refractivity contribution in [1.82, 2.24) is 0 Å². The summed E-state index contributed by atoms with van der Waals surface area (Å²) in [7, 11) is 0. The lowest BCUT2D eigenvalue weighted by Gasteiger charge is -2.35. The van der Waals surface area contributed by atoms with Gasteiger partial charge in [0.25, 0.3) is 0 Å². The van der Waals surface area contributed by atoms with Gasteiger partial charge in [-0.15, -0.1) is 0 Å². The molecule has 0 aromatic heterocycles. The van der Waals surface area contributed by atoms with Crippen LogP contribution in [0, 0.1) is 5.41 Å². The van der Waals surface area contributed by atoms with Crippen LogP contribution in [0.25, 0.3) is 0 Å². The van der Waals surface area contributed by atoms with Gasteiger partial charge in [0.1, 0.15) is 0 Å². The first-order valence-corrected chi connectivity index (χ1v) is 7.38. The number of thioether (sulfide) groups is 2. The highest BCUT2D eigenvalue weighted by Gasteiger charge is 2.32. The molecule has 70 valence electrons. The third-order valence-corrected chi connectivity index (χ3v) is 5.64. The summed E-state index contributed by atoms with van der Waals surface area (Å²) in [5.74, 6) is 5.75. The molecule has 0 amide bonds. The second kappa shape index (κ2) is 4.28. The van der Waals surface area contributed by atoms with E-state index in [0.717, 1.165) is 5.41 Å². The molecule has 2 aliphatic rings. The summed E-state index contributed by atoms with van der Waals surface area (Å²) in [6.07, 6.45) is 7.51. The molecule has 1 atom stereocenters. The Bertz CT molecular complexity index is 129. The van der Waals surface area contributed by atoms with Crippen LogP contribution in [0.5, 0.6) is 0 Å². The molecule has 2 aliphatic heterocycles. The molecule has 0 saturated carbocycles. The highest BCUT2D eigenvalue weighted by molar-refractivity contribution is 7.99. The Labute approximate surface area is 84.3 Å². The molecule has 0 radical (unpaired) electrons. The van der Waals surface area contributed by atoms with Gasteiger partial charge in [0, 0.05) is 0 Å². The van der Waals surface area contributed by atoms with E-state index in [1.807, 2.05) is 0 Å². The maximum absolute atomic E-state index is 2.20. The van der Waals surface area contributed by atoms with E-state index >= 15 is 0 Å². The second-order valence-corrected chi connectivity index (χ2v) is 6.45. The highest BCUT2D eigenvalue weighted by atomic mass is 32.2. The van der Waals surface area contributed by atoms with Gasteiger partial charge in [0.2, 0.25) is 0 Å². The average Bonchev–Trinajstić information content (AvgIpc) is 2.33. The lowest BCUT2D eigenvalue weighted by Crippen LogP contribution is -2.27. The Morgan fingerprint density at radius 3 is 2.25 bits per heavy atom. The average molecular weight is 202 g/mol. The van der Waals surface area contributed by atoms with Crippen LogP contribution in [0.3, 0.4) is 0 Å². The van der Waals surface area contributed by atoms with Crippen LogP contribution in [-0.4, -0.2) is 23.0 Å². The molecule has 0 N–H and O–H groups in total. The summed E-state index contributed by atoms with van der Waals surface area (Å²) in [5, 5.41) is 0. The van der Waals surface area contributed by atoms with Crippen LogP contribution >= 0.6 is 23.5 Å². The van der Waals surface area contributed by atoms with E-state index in [-0.39, 0.29) is 0 Å². The molecule has 0 aromatic carbocycles. The monoisotopic (exact) mass is 202 g/mol. The fourth-order valence-electron chi connectivity index (χ4n) is 2.37. The minimum absolute atomic E-state index is 0.784. The summed E-state index contributed by atoms with van der Waals surface area (Å²) >= 11 is 4.37. The number of hydrogen-bond donors (Lipinski definition) is 0. The van der Waals surface area contributed by atoms with Gasteiger partial charge >= 0.3 is 0 Å². The predicted molar refractivity (Wildman–Crippen MR) is 60.2 cm³/mol. The van der Waals surface area contributed by atoms with Gasteiger partial charge in [-0.25, -0.2) is 0 Å². The molecule has 0 aliphatic carbocycles. The largest absolute Gasteiger partial charge is 0.162 e. The Kier molecular flexibility index (Phi) is 3.30. The van der Waals surface area contributed by atoms with Gasteiger partial charge in [0.15, 0.2) is 0 Å². The molecule has 1 unspecified atom stereocenters. The van der Waals surface area contributed by atoms with E-state index in [1.165, 1.54) is 55.1 Å². The first-order valence-electron chi connectivity index (χ1n) is 5.07. The molecule has 0 bridgehead atoms. The van der Waals surface area contributed by atoms with E-state index in [0.29, 0.717) is 0 Å². The molecule has 2 fully saturated rings. The van der Waals surface area contributed by atoms with E-state index in [4.69, 9.17) is 0 Å². The second-order valence-electron chi connectivity index (χ2n) is 4.12. The molecule has 0 aromatic rings. The highest BCUT2D eigenvalue weighted by Crippen LogP contribution is 2.43. The van der Waals surface area contributed by atoms with Gasteiger partial charge in [-0.3, -0.25) is 0 Å². The standard InChI is InChI=1S/C10H18S2/c1-3-10(5-8-11-6-1)4-2-7-12-9-10/h1-9H2. The lowest BCUT2D eigenvalue weighted by atomic mass is 9.78. The summed E-state index contributed by atoms with van der Waals surface area (Å²) < 4.78 is 0. The summed E-state index contributed by atoms with van der Waals surface area (Å²) in [6.45, 7) is 0. The molecular weight excluding hydrogens is 184 g/mol. The molecule has 12 heavy (non-hydrogen) atoms. The van der Waals surface area contributed by atoms with Crippen LogP contribution in [0.1, 0.15) is 32.1 Å². The van der Waals surface area contributed by atoms with Crippen LogP contribution < -0.4 is 0 Å². The van der Waals surface area contributed by atoms with Crippen molar-refractivity contribution in [1.29, 1.82) is 0 Å². The van der Waals surface area contributed by atoms with Crippen molar-refractivity contribution in [2.75, 3.05) is 23.0 Å². The Morgan fingerprint density at radius 1 is 0.750 bits per heavy atom. The van der Waals surface area contributed by atoms with Crippen molar-refractivity contribution in [2.24, 2.45) is 5.41 Å². The lowest BCUT2D eigenvalue weighted by molar-refractivity contribution is 0.264. The van der Waals surface area contributed by atoms with Crippen molar-refractivity contribution < 1.29 is 0 Å². The molecular formula is C10H18S2. The van der Waals surface area contributed by atoms with Gasteiger partial charge in [-0.1, -0.05) is 0 Å². The van der Waals surface area contributed by atoms with Crippen LogP contribution in [0.4, 0.5) is 0 Å². The van der Waals surface area contributed by atoms with Gasteiger partial charge in [0.05, 0.1) is 0 Å². The third-order valence-electron chi connectivity index (χ3n) is 3.18. The van der Waals surface area contributed by atoms with Gasteiger partial charge in [-0.05, 0) is 60.5 Å². The van der Waals surface area contributed by atoms with E-state index in [1.54, 1.807) is 0 Å². The maximum Gasteiger partial charge on any atom is -0.00105 e. The fourth-order valence-corrected chi connectivity index (χ4v) is 4.86. The first kappa shape index (κ1) is 9.26. The third kappa shape index (κ3) is 2.14. The Balaban J connectivity index is 1.95. The van der Waals surface area contributed by atoms with Crippen molar-refractivity contribution in [3.05, 3.63) is 0 Å². The van der Waals surface area contributed by atoms with Crippen molar-refractivity contribution in [3.63, 3.8) is 0 Å². The molecule has 2 rings (SSSR count). The topological polar surface area (TPSA) is 0 Å². The van der Waals surface area contributed by atoms with Crippen molar-refractivity contribution in [2.45, 2.75) is 32.1 Å². The van der Waals surface area contributed by atoms with E-state index < -0.39 is 0 Å². The van der Waals surface area contributed by atoms with Crippen molar-refractivity contribution >= 4 is 23.5 Å². The predicted octanol–water partition coefficient (Wildman–Crippen LogP) is 3.42. The maximum atomic E-state index is 2.20. The van der Waals surface area contributed by atoms with E-state index in [2.05, 4.69) is 23.5 Å². The van der Waals surface area contributed by atoms with Gasteiger partial charge < -0.3 is 0 Å². The Hall–Kier alpha value is 0.700. The van der Waals surface area contributed by atoms with E-state index in [9.17, 15) is 0 Å². The SMILES string of the molecule is C1CSCCC2(C1)CCCSC2. The van der Waals surface area contributed by atoms with Crippen molar-refractivity contribution in [3.8, 4) is 0 Å². The molecule has 2 heterocycles. The van der Waals surface area contributed by atoms with Crippen LogP contribution in [0.2, 0.25) is 0 Å². The zero-order valence-corrected chi connectivity index (χ0v) is 9.31. The summed E-state index contributed by atoms with van der Waals surface area (Å²) in [4.78, 5) is 0. The minimum Gasteiger partial charge on any atom is -0.162 e. The molecule has 0 nitrogen and oxygen atoms in total. The van der Waals surface area contributed by atoms with Gasteiger partial charge in [-0.2, -0.15) is 23.5 Å². The van der Waals surface area contributed by atoms with Crippen LogP contribution in [-0.2, 0) is 0 Å². The molecule has 1 spiro atoms. The zero-order valence-electron chi connectivity index (χ0n) is 7.68. The summed E-state index contributed by atoms with van der Waals surface area (Å²) in [5.41, 5.74) is 0.784. The van der Waals surface area contributed by atoms with Crippen LogP contribution in [0.15, 0.2) is 0 Å². The quantitative estimate of drug-likeness (QED) is 0.590. The molecule has 2 saturated heterocycles.